The van der Waals surface area contributed by atoms with Crippen LogP contribution >= 0.6 is 24.0 Å². The molecule has 0 saturated carbocycles. The van der Waals surface area contributed by atoms with E-state index in [0.29, 0.717) is 25.3 Å². The third-order valence-corrected chi connectivity index (χ3v) is 4.92. The summed E-state index contributed by atoms with van der Waals surface area (Å²) in [4.78, 5) is 7.17. The van der Waals surface area contributed by atoms with Crippen molar-refractivity contribution in [3.8, 4) is 0 Å². The van der Waals surface area contributed by atoms with Crippen molar-refractivity contribution in [2.45, 2.75) is 65.5 Å². The molecule has 2 atom stereocenters. The molecule has 6 nitrogen and oxygen atoms in total. The highest BCUT2D eigenvalue weighted by Crippen LogP contribution is 2.15. The number of rotatable bonds is 8. The van der Waals surface area contributed by atoms with E-state index in [1.54, 1.807) is 7.11 Å². The molecular formula is C22H39IN4O2. The molecule has 1 aromatic rings. The van der Waals surface area contributed by atoms with E-state index in [1.807, 2.05) is 0 Å². The van der Waals surface area contributed by atoms with E-state index >= 15 is 0 Å². The van der Waals surface area contributed by atoms with Crippen LogP contribution in [-0.2, 0) is 22.6 Å². The molecule has 1 aromatic carbocycles. The highest BCUT2D eigenvalue weighted by atomic mass is 127. The first-order valence-corrected chi connectivity index (χ1v) is 10.3. The molecule has 7 heteroatoms. The number of aliphatic imine (C=N–C) groups is 1. The highest BCUT2D eigenvalue weighted by molar-refractivity contribution is 14.0. The lowest BCUT2D eigenvalue weighted by molar-refractivity contribution is -0.0704. The maximum Gasteiger partial charge on any atom is 0.191 e. The Kier molecular flexibility index (Phi) is 11.5. The first kappa shape index (κ1) is 26.1. The summed E-state index contributed by atoms with van der Waals surface area (Å²) in [5.41, 5.74) is 2.31. The van der Waals surface area contributed by atoms with Crippen LogP contribution in [0.4, 0.5) is 0 Å². The number of halogens is 1. The second-order valence-electron chi connectivity index (χ2n) is 8.28. The molecule has 1 saturated heterocycles. The molecule has 0 bridgehead atoms. The Hall–Kier alpha value is -0.900. The van der Waals surface area contributed by atoms with Crippen molar-refractivity contribution >= 4 is 29.9 Å². The molecule has 0 spiro atoms. The lowest BCUT2D eigenvalue weighted by Crippen LogP contribution is -2.45. The smallest absolute Gasteiger partial charge is 0.191 e. The normalized spacial score (nSPS) is 20.8. The number of nitrogens with zero attached hydrogens (tertiary/aromatic N) is 2. The van der Waals surface area contributed by atoms with Gasteiger partial charge in [-0.15, -0.1) is 24.0 Å². The van der Waals surface area contributed by atoms with Gasteiger partial charge < -0.3 is 20.1 Å². The second kappa shape index (κ2) is 12.7. The van der Waals surface area contributed by atoms with Crippen molar-refractivity contribution in [2.24, 2.45) is 4.99 Å². The van der Waals surface area contributed by atoms with Gasteiger partial charge in [-0.2, -0.15) is 0 Å². The fourth-order valence-electron chi connectivity index (χ4n) is 3.30. The fourth-order valence-corrected chi connectivity index (χ4v) is 3.30. The van der Waals surface area contributed by atoms with Crippen LogP contribution in [-0.4, -0.2) is 62.0 Å². The molecule has 1 fully saturated rings. The summed E-state index contributed by atoms with van der Waals surface area (Å²) in [6, 6.07) is 8.78. The molecule has 1 aliphatic heterocycles. The van der Waals surface area contributed by atoms with Crippen LogP contribution in [0.5, 0.6) is 0 Å². The monoisotopic (exact) mass is 518 g/mol. The summed E-state index contributed by atoms with van der Waals surface area (Å²) in [6.45, 7) is 15.6. The molecule has 2 rings (SSSR count). The first-order valence-electron chi connectivity index (χ1n) is 10.3. The summed E-state index contributed by atoms with van der Waals surface area (Å²) in [7, 11) is 1.73. The molecule has 2 unspecified atom stereocenters. The highest BCUT2D eigenvalue weighted by Gasteiger charge is 2.22. The molecule has 0 radical (unpaired) electrons. The number of guanidine groups is 1. The molecule has 1 aliphatic rings. The van der Waals surface area contributed by atoms with E-state index in [4.69, 9.17) is 14.5 Å². The van der Waals surface area contributed by atoms with Gasteiger partial charge >= 0.3 is 0 Å². The van der Waals surface area contributed by atoms with Crippen molar-refractivity contribution in [3.63, 3.8) is 0 Å². The summed E-state index contributed by atoms with van der Waals surface area (Å²) in [5.74, 6) is 0.813. The molecule has 0 aliphatic carbocycles. The molecule has 0 amide bonds. The fraction of sp³-hybridized carbons (Fsp3) is 0.682. The third kappa shape index (κ3) is 9.63. The second-order valence-corrected chi connectivity index (χ2v) is 8.28. The molecule has 166 valence electrons. The van der Waals surface area contributed by atoms with E-state index in [9.17, 15) is 0 Å². The van der Waals surface area contributed by atoms with Crippen molar-refractivity contribution in [3.05, 3.63) is 35.4 Å². The molecule has 1 heterocycles. The Balaban J connectivity index is 0.00000420. The lowest BCUT2D eigenvalue weighted by atomic mass is 10.1. The van der Waals surface area contributed by atoms with Gasteiger partial charge in [-0.3, -0.25) is 4.90 Å². The minimum absolute atomic E-state index is 0. The van der Waals surface area contributed by atoms with Gasteiger partial charge in [0.2, 0.25) is 0 Å². The molecule has 29 heavy (non-hydrogen) atoms. The predicted octanol–water partition coefficient (Wildman–Crippen LogP) is 3.39. The van der Waals surface area contributed by atoms with Crippen LogP contribution in [0.1, 0.15) is 45.7 Å². The molecule has 2 N–H and O–H groups in total. The number of hydrogen-bond acceptors (Lipinski definition) is 4. The largest absolute Gasteiger partial charge is 0.377 e. The summed E-state index contributed by atoms with van der Waals surface area (Å²) in [6.07, 6.45) is 0.606. The maximum absolute atomic E-state index is 5.82. The number of hydrogen-bond donors (Lipinski definition) is 2. The standard InChI is InChI=1S/C22H38N4O2.HI/c1-7-23-21(25-16-22(4,5)27-6)24-12-19-8-10-20(11-9-19)15-26-13-17(2)28-18(3)14-26;/h8-11,17-18H,7,12-16H2,1-6H3,(H2,23,24,25);1H. The Morgan fingerprint density at radius 2 is 1.72 bits per heavy atom. The molecule has 0 aromatic heterocycles. The predicted molar refractivity (Wildman–Crippen MR) is 131 cm³/mol. The minimum Gasteiger partial charge on any atom is -0.377 e. The van der Waals surface area contributed by atoms with E-state index in [1.165, 1.54) is 11.1 Å². The topological polar surface area (TPSA) is 58.1 Å². The Morgan fingerprint density at radius 3 is 2.28 bits per heavy atom. The average molecular weight is 518 g/mol. The third-order valence-electron chi connectivity index (χ3n) is 4.92. The summed E-state index contributed by atoms with van der Waals surface area (Å²) >= 11 is 0. The zero-order valence-corrected chi connectivity index (χ0v) is 21.2. The van der Waals surface area contributed by atoms with Gasteiger partial charge in [-0.1, -0.05) is 24.3 Å². The van der Waals surface area contributed by atoms with Gasteiger partial charge in [0.25, 0.3) is 0 Å². The van der Waals surface area contributed by atoms with Gasteiger partial charge in [0, 0.05) is 39.8 Å². The SMILES string of the molecule is CCNC(=NCc1ccc(CN2CC(C)OC(C)C2)cc1)NCC(C)(C)OC.I. The maximum atomic E-state index is 5.82. The van der Waals surface area contributed by atoms with Crippen molar-refractivity contribution < 1.29 is 9.47 Å². The summed E-state index contributed by atoms with van der Waals surface area (Å²) in [5, 5.41) is 6.64. The number of nitrogens with one attached hydrogen (secondary N) is 2. The van der Waals surface area contributed by atoms with Gasteiger partial charge in [-0.25, -0.2) is 4.99 Å². The van der Waals surface area contributed by atoms with Crippen LogP contribution in [0, 0.1) is 0 Å². The van der Waals surface area contributed by atoms with Crippen molar-refractivity contribution in [1.82, 2.24) is 15.5 Å². The van der Waals surface area contributed by atoms with Crippen LogP contribution in [0.25, 0.3) is 0 Å². The van der Waals surface area contributed by atoms with Crippen LogP contribution in [0.3, 0.4) is 0 Å². The van der Waals surface area contributed by atoms with Gasteiger partial charge in [0.1, 0.15) is 0 Å². The first-order chi connectivity index (χ1) is 13.3. The minimum atomic E-state index is -0.230. The lowest BCUT2D eigenvalue weighted by Gasteiger charge is -2.35. The Bertz CT molecular complexity index is 612. The van der Waals surface area contributed by atoms with E-state index < -0.39 is 0 Å². The van der Waals surface area contributed by atoms with Gasteiger partial charge in [-0.05, 0) is 45.7 Å². The Morgan fingerprint density at radius 1 is 1.14 bits per heavy atom. The van der Waals surface area contributed by atoms with Gasteiger partial charge in [0.05, 0.1) is 24.4 Å². The molecular weight excluding hydrogens is 479 g/mol. The van der Waals surface area contributed by atoms with E-state index in [0.717, 1.165) is 32.1 Å². The van der Waals surface area contributed by atoms with Crippen molar-refractivity contribution in [2.75, 3.05) is 33.3 Å². The quantitative estimate of drug-likeness (QED) is 0.314. The Labute approximate surface area is 193 Å². The van der Waals surface area contributed by atoms with E-state index in [2.05, 4.69) is 74.4 Å². The number of methoxy groups -OCH3 is 1. The number of morpholine rings is 1. The zero-order valence-electron chi connectivity index (χ0n) is 18.8. The van der Waals surface area contributed by atoms with Crippen LogP contribution in [0.15, 0.2) is 29.3 Å². The summed E-state index contributed by atoms with van der Waals surface area (Å²) < 4.78 is 11.3. The van der Waals surface area contributed by atoms with Crippen LogP contribution in [0.2, 0.25) is 0 Å². The van der Waals surface area contributed by atoms with Gasteiger partial charge in [0.15, 0.2) is 5.96 Å². The number of benzene rings is 1. The number of ether oxygens (including phenoxy) is 2. The van der Waals surface area contributed by atoms with Crippen molar-refractivity contribution in [1.29, 1.82) is 0 Å². The van der Waals surface area contributed by atoms with E-state index in [-0.39, 0.29) is 29.6 Å². The average Bonchev–Trinajstić information content (AvgIpc) is 2.64. The van der Waals surface area contributed by atoms with Crippen LogP contribution < -0.4 is 10.6 Å². The zero-order chi connectivity index (χ0) is 20.6.